The van der Waals surface area contributed by atoms with Gasteiger partial charge in [-0.1, -0.05) is 12.1 Å². The van der Waals surface area contributed by atoms with Crippen molar-refractivity contribution in [1.82, 2.24) is 5.32 Å². The number of nitrogens with one attached hydrogen (secondary N) is 1. The summed E-state index contributed by atoms with van der Waals surface area (Å²) in [5, 5.41) is 12.2. The van der Waals surface area contributed by atoms with Crippen molar-refractivity contribution < 1.29 is 32.0 Å². The first-order valence-electron chi connectivity index (χ1n) is 8.41. The maximum Gasteiger partial charge on any atom is 0.312 e. The summed E-state index contributed by atoms with van der Waals surface area (Å²) in [6.07, 6.45) is 0.147. The van der Waals surface area contributed by atoms with E-state index in [1.54, 1.807) is 24.3 Å². The summed E-state index contributed by atoms with van der Waals surface area (Å²) < 4.78 is 35.6. The first kappa shape index (κ1) is 22.9. The smallest absolute Gasteiger partial charge is 0.312 e. The average Bonchev–Trinajstić information content (AvgIpc) is 2.58. The Kier molecular flexibility index (Phi) is 7.39. The number of amides is 1. The molecule has 0 aliphatic heterocycles. The fourth-order valence-electron chi connectivity index (χ4n) is 2.44. The molecule has 1 rings (SSSR count). The van der Waals surface area contributed by atoms with Gasteiger partial charge in [-0.25, -0.2) is 0 Å². The molecule has 2 N–H and O–H groups in total. The van der Waals surface area contributed by atoms with Gasteiger partial charge in [0, 0.05) is 13.5 Å². The summed E-state index contributed by atoms with van der Waals surface area (Å²) in [6.45, 7) is 5.77. The van der Waals surface area contributed by atoms with Crippen LogP contribution in [0.25, 0.3) is 0 Å². The number of hydrogen-bond donors (Lipinski definition) is 2. The Bertz CT molecular complexity index is 771. The molecule has 0 fully saturated rings. The molecule has 1 unspecified atom stereocenters. The molecular formula is C18H27NO7S. The summed E-state index contributed by atoms with van der Waals surface area (Å²) in [5.74, 6) is -1.26. The minimum atomic E-state index is -4.06. The number of rotatable bonds is 10. The van der Waals surface area contributed by atoms with Crippen molar-refractivity contribution in [3.8, 4) is 5.75 Å². The number of carbonyl (C=O) groups is 2. The van der Waals surface area contributed by atoms with Gasteiger partial charge in [0.15, 0.2) is 0 Å². The van der Waals surface area contributed by atoms with Crippen LogP contribution in [0.4, 0.5) is 0 Å². The summed E-state index contributed by atoms with van der Waals surface area (Å²) in [4.78, 5) is 22.7. The number of hydrogen-bond acceptors (Lipinski definition) is 6. The molecule has 0 bridgehead atoms. The highest BCUT2D eigenvalue weighted by Crippen LogP contribution is 2.44. The lowest BCUT2D eigenvalue weighted by atomic mass is 9.72. The number of aliphatic carboxylic acids is 1. The molecule has 0 saturated heterocycles. The fourth-order valence-corrected chi connectivity index (χ4v) is 3.83. The van der Waals surface area contributed by atoms with Crippen LogP contribution in [0.2, 0.25) is 0 Å². The highest BCUT2D eigenvalue weighted by molar-refractivity contribution is 7.86. The Morgan fingerprint density at radius 3 is 2.15 bits per heavy atom. The van der Waals surface area contributed by atoms with Gasteiger partial charge in [0.2, 0.25) is 5.91 Å². The standard InChI is InChI=1S/C18H27NO7S/c1-13(20)19-11-6-12-27(23,24)26-18(4,17(2,3)16(21)22)14-7-9-15(25-5)10-8-14/h7-10H,6,11-12H2,1-5H3,(H,19,20)(H,21,22). The average molecular weight is 401 g/mol. The molecule has 0 heterocycles. The zero-order chi connectivity index (χ0) is 20.9. The Labute approximate surface area is 160 Å². The molecule has 0 aliphatic carbocycles. The maximum absolute atomic E-state index is 12.5. The number of carboxylic acid groups (broad SMARTS) is 1. The van der Waals surface area contributed by atoms with E-state index in [0.29, 0.717) is 11.3 Å². The Morgan fingerprint density at radius 2 is 1.70 bits per heavy atom. The topological polar surface area (TPSA) is 119 Å². The van der Waals surface area contributed by atoms with E-state index in [4.69, 9.17) is 8.92 Å². The molecule has 0 radical (unpaired) electrons. The molecule has 0 aliphatic rings. The normalized spacial score (nSPS) is 14.3. The molecule has 1 amide bonds. The van der Waals surface area contributed by atoms with Crippen molar-refractivity contribution in [2.24, 2.45) is 5.41 Å². The van der Waals surface area contributed by atoms with Crippen molar-refractivity contribution in [1.29, 1.82) is 0 Å². The van der Waals surface area contributed by atoms with E-state index in [1.165, 1.54) is 34.8 Å². The molecule has 1 aromatic carbocycles. The van der Waals surface area contributed by atoms with Crippen LogP contribution < -0.4 is 10.1 Å². The number of benzene rings is 1. The van der Waals surface area contributed by atoms with Crippen LogP contribution >= 0.6 is 0 Å². The van der Waals surface area contributed by atoms with Gasteiger partial charge in [-0.05, 0) is 44.9 Å². The van der Waals surface area contributed by atoms with Gasteiger partial charge in [0.05, 0.1) is 18.3 Å². The van der Waals surface area contributed by atoms with Gasteiger partial charge in [0.1, 0.15) is 11.4 Å². The van der Waals surface area contributed by atoms with Gasteiger partial charge in [-0.3, -0.25) is 13.8 Å². The summed E-state index contributed by atoms with van der Waals surface area (Å²) >= 11 is 0. The van der Waals surface area contributed by atoms with E-state index in [1.807, 2.05) is 0 Å². The molecule has 9 heteroatoms. The lowest BCUT2D eigenvalue weighted by Gasteiger charge is -2.40. The quantitative estimate of drug-likeness (QED) is 0.454. The molecule has 0 spiro atoms. The van der Waals surface area contributed by atoms with E-state index >= 15 is 0 Å². The van der Waals surface area contributed by atoms with E-state index in [2.05, 4.69) is 5.32 Å². The summed E-state index contributed by atoms with van der Waals surface area (Å²) in [7, 11) is -2.57. The maximum atomic E-state index is 12.5. The lowest BCUT2D eigenvalue weighted by Crippen LogP contribution is -2.48. The number of carbonyl (C=O) groups excluding carboxylic acids is 1. The number of ether oxygens (including phenoxy) is 1. The van der Waals surface area contributed by atoms with Crippen molar-refractivity contribution in [3.05, 3.63) is 29.8 Å². The predicted molar refractivity (Wildman–Crippen MR) is 99.9 cm³/mol. The zero-order valence-corrected chi connectivity index (χ0v) is 17.1. The second kappa shape index (κ2) is 8.71. The van der Waals surface area contributed by atoms with Crippen LogP contribution in [0.1, 0.15) is 39.7 Å². The van der Waals surface area contributed by atoms with Gasteiger partial charge in [-0.2, -0.15) is 8.42 Å². The van der Waals surface area contributed by atoms with Gasteiger partial charge in [-0.15, -0.1) is 0 Å². The van der Waals surface area contributed by atoms with E-state index in [-0.39, 0.29) is 24.6 Å². The molecule has 27 heavy (non-hydrogen) atoms. The SMILES string of the molecule is COc1ccc(C(C)(OS(=O)(=O)CCCNC(C)=O)C(C)(C)C(=O)O)cc1. The first-order valence-corrected chi connectivity index (χ1v) is 9.99. The third-order valence-corrected chi connectivity index (χ3v) is 5.98. The molecule has 0 saturated carbocycles. The number of carboxylic acids is 1. The molecular weight excluding hydrogens is 374 g/mol. The Hall–Kier alpha value is -2.13. The minimum absolute atomic E-state index is 0.147. The zero-order valence-electron chi connectivity index (χ0n) is 16.2. The largest absolute Gasteiger partial charge is 0.497 e. The van der Waals surface area contributed by atoms with Gasteiger partial charge >= 0.3 is 5.97 Å². The van der Waals surface area contributed by atoms with Crippen LogP contribution in [-0.4, -0.2) is 44.8 Å². The van der Waals surface area contributed by atoms with Crippen LogP contribution in [0.15, 0.2) is 24.3 Å². The fraction of sp³-hybridized carbons (Fsp3) is 0.556. The lowest BCUT2D eigenvalue weighted by molar-refractivity contribution is -0.160. The Morgan fingerprint density at radius 1 is 1.15 bits per heavy atom. The molecule has 1 aromatic rings. The molecule has 1 atom stereocenters. The molecule has 152 valence electrons. The van der Waals surface area contributed by atoms with E-state index in [0.717, 1.165) is 0 Å². The van der Waals surface area contributed by atoms with E-state index < -0.39 is 27.1 Å². The summed E-state index contributed by atoms with van der Waals surface area (Å²) in [6, 6.07) is 6.38. The Balaban J connectivity index is 3.18. The molecule has 0 aromatic heterocycles. The van der Waals surface area contributed by atoms with Gasteiger partial charge in [0.25, 0.3) is 10.1 Å². The first-order chi connectivity index (χ1) is 12.4. The third kappa shape index (κ3) is 5.67. The highest BCUT2D eigenvalue weighted by Gasteiger charge is 2.52. The van der Waals surface area contributed by atoms with Crippen molar-refractivity contribution in [3.63, 3.8) is 0 Å². The molecule has 8 nitrogen and oxygen atoms in total. The van der Waals surface area contributed by atoms with Crippen molar-refractivity contribution >= 4 is 22.0 Å². The number of methoxy groups -OCH3 is 1. The van der Waals surface area contributed by atoms with Crippen molar-refractivity contribution in [2.45, 2.75) is 39.7 Å². The van der Waals surface area contributed by atoms with Crippen LogP contribution in [0, 0.1) is 5.41 Å². The third-order valence-electron chi connectivity index (χ3n) is 4.61. The van der Waals surface area contributed by atoms with Crippen LogP contribution in [-0.2, 0) is 29.5 Å². The van der Waals surface area contributed by atoms with Gasteiger partial charge < -0.3 is 15.2 Å². The predicted octanol–water partition coefficient (Wildman–Crippen LogP) is 1.89. The second-order valence-electron chi connectivity index (χ2n) is 6.87. The monoisotopic (exact) mass is 401 g/mol. The van der Waals surface area contributed by atoms with Crippen LogP contribution in [0.3, 0.4) is 0 Å². The minimum Gasteiger partial charge on any atom is -0.497 e. The van der Waals surface area contributed by atoms with Crippen molar-refractivity contribution in [2.75, 3.05) is 19.4 Å². The van der Waals surface area contributed by atoms with Crippen LogP contribution in [0.5, 0.6) is 5.75 Å². The summed E-state index contributed by atoms with van der Waals surface area (Å²) in [5.41, 5.74) is -2.81. The second-order valence-corrected chi connectivity index (χ2v) is 8.56. The highest BCUT2D eigenvalue weighted by atomic mass is 32.2. The van der Waals surface area contributed by atoms with E-state index in [9.17, 15) is 23.1 Å².